The van der Waals surface area contributed by atoms with Gasteiger partial charge in [0.2, 0.25) is 0 Å². The van der Waals surface area contributed by atoms with E-state index in [2.05, 4.69) is 58.5 Å². The largest absolute Gasteiger partial charge is 0.488 e. The first-order valence-corrected chi connectivity index (χ1v) is 22.3. The highest BCUT2D eigenvalue weighted by Gasteiger charge is 2.34. The number of epoxide rings is 1. The number of rotatable bonds is 27. The van der Waals surface area contributed by atoms with Gasteiger partial charge in [-0.25, -0.2) is 14.4 Å². The van der Waals surface area contributed by atoms with Crippen molar-refractivity contribution in [1.82, 2.24) is 0 Å². The highest BCUT2D eigenvalue weighted by molar-refractivity contribution is 5.95. The Balaban J connectivity index is 1.17. The normalized spacial score (nSPS) is 14.9. The highest BCUT2D eigenvalue weighted by Crippen LogP contribution is 2.35. The van der Waals surface area contributed by atoms with Gasteiger partial charge in [0, 0.05) is 30.3 Å². The Hall–Kier alpha value is -4.75. The molecule has 3 aromatic carbocycles. The molecule has 1 fully saturated rings. The van der Waals surface area contributed by atoms with Crippen molar-refractivity contribution in [3.63, 3.8) is 0 Å². The van der Waals surface area contributed by atoms with E-state index in [4.69, 9.17) is 37.9 Å². The lowest BCUT2D eigenvalue weighted by Gasteiger charge is -2.32. The van der Waals surface area contributed by atoms with Crippen LogP contribution in [0.15, 0.2) is 84.9 Å². The summed E-state index contributed by atoms with van der Waals surface area (Å²) < 4.78 is 46.3. The number of aliphatic hydroxyl groups excluding tert-OH is 1. The van der Waals surface area contributed by atoms with Gasteiger partial charge < -0.3 is 43.0 Å². The van der Waals surface area contributed by atoms with Crippen LogP contribution >= 0.6 is 0 Å². The van der Waals surface area contributed by atoms with E-state index in [-0.39, 0.29) is 48.4 Å². The first kappa shape index (κ1) is 51.9. The molecule has 4 rings (SSSR count). The third kappa shape index (κ3) is 17.7. The molecule has 1 aliphatic heterocycles. The van der Waals surface area contributed by atoms with Crippen molar-refractivity contribution in [2.75, 3.05) is 39.6 Å². The van der Waals surface area contributed by atoms with Crippen molar-refractivity contribution in [3.8, 4) is 11.5 Å². The van der Waals surface area contributed by atoms with E-state index >= 15 is 0 Å². The fourth-order valence-electron chi connectivity index (χ4n) is 6.95. The zero-order valence-electron chi connectivity index (χ0n) is 40.0. The molecule has 2 atom stereocenters. The molecule has 0 aromatic heterocycles. The predicted octanol–water partition coefficient (Wildman–Crippen LogP) is 9.76. The maximum absolute atomic E-state index is 12.8. The van der Waals surface area contributed by atoms with E-state index in [9.17, 15) is 19.5 Å². The maximum atomic E-state index is 12.8. The van der Waals surface area contributed by atoms with E-state index < -0.39 is 40.8 Å². The summed E-state index contributed by atoms with van der Waals surface area (Å²) in [6.45, 7) is 27.3. The van der Waals surface area contributed by atoms with Crippen LogP contribution in [0.3, 0.4) is 0 Å². The lowest BCUT2D eigenvalue weighted by atomic mass is 9.78. The minimum Gasteiger partial charge on any atom is -0.488 e. The number of aliphatic hydroxyl groups is 1. The molecule has 12 heteroatoms. The lowest BCUT2D eigenvalue weighted by Crippen LogP contribution is -2.39. The third-order valence-corrected chi connectivity index (χ3v) is 10.9. The molecule has 352 valence electrons. The number of hydrogen-bond donors (Lipinski definition) is 1. The van der Waals surface area contributed by atoms with Gasteiger partial charge in [0.05, 0.1) is 67.6 Å². The first-order chi connectivity index (χ1) is 29.9. The Kier molecular flexibility index (Phi) is 18.2. The van der Waals surface area contributed by atoms with Crippen molar-refractivity contribution in [3.05, 3.63) is 107 Å². The minimum atomic E-state index is -0.984. The summed E-state index contributed by atoms with van der Waals surface area (Å²) >= 11 is 0. The zero-order chi connectivity index (χ0) is 47.3. The highest BCUT2D eigenvalue weighted by atomic mass is 16.6. The van der Waals surface area contributed by atoms with E-state index in [0.717, 1.165) is 35.7 Å². The van der Waals surface area contributed by atoms with Crippen LogP contribution in [0.2, 0.25) is 0 Å². The van der Waals surface area contributed by atoms with Gasteiger partial charge in [0.15, 0.2) is 0 Å². The van der Waals surface area contributed by atoms with Crippen LogP contribution in [0.25, 0.3) is 0 Å². The minimum absolute atomic E-state index is 0.126. The summed E-state index contributed by atoms with van der Waals surface area (Å²) in [7, 11) is 0. The molecule has 1 aliphatic rings. The van der Waals surface area contributed by atoms with Gasteiger partial charge >= 0.3 is 17.9 Å². The second-order valence-corrected chi connectivity index (χ2v) is 19.8. The summed E-state index contributed by atoms with van der Waals surface area (Å²) in [5.74, 6) is -0.187. The summed E-state index contributed by atoms with van der Waals surface area (Å²) in [5, 5.41) is 10.8. The standard InChI is InChI=1S/C52H72O12/c1-36(2)45(54)57-27-13-14-28-58-46(55)37-16-15-17-38(30-37)47(56)60-33-41(53)31-49(5,6)61-29-26-48(3,4)63-42-22-18-39(19-23-42)52(11,12)40-20-24-43(25-21-40)64-51(9,10)35-62-50(7,8)32-44-34-59-44/h15-25,30,41,44,53H,1,13-14,26-29,31-35H2,2-12H3. The molecule has 12 nitrogen and oxygen atoms in total. The summed E-state index contributed by atoms with van der Waals surface area (Å²) in [6, 6.07) is 22.5. The van der Waals surface area contributed by atoms with Crippen LogP contribution in [0.4, 0.5) is 0 Å². The summed E-state index contributed by atoms with van der Waals surface area (Å²) in [5.41, 5.74) is 0.672. The number of benzene rings is 3. The van der Waals surface area contributed by atoms with Crippen molar-refractivity contribution < 1.29 is 57.4 Å². The zero-order valence-corrected chi connectivity index (χ0v) is 40.0. The van der Waals surface area contributed by atoms with E-state index in [1.807, 2.05) is 65.8 Å². The molecule has 2 unspecified atom stereocenters. The second kappa shape index (κ2) is 22.4. The number of unbranched alkanes of at least 4 members (excludes halogenated alkanes) is 1. The van der Waals surface area contributed by atoms with Gasteiger partial charge in [0.25, 0.3) is 0 Å². The number of ether oxygens (including phenoxy) is 8. The van der Waals surface area contributed by atoms with Gasteiger partial charge in [-0.05, 0) is 129 Å². The van der Waals surface area contributed by atoms with Crippen LogP contribution < -0.4 is 9.47 Å². The monoisotopic (exact) mass is 889 g/mol. The SMILES string of the molecule is C=C(C)C(=O)OCCCCOC(=O)c1cccc(C(=O)OCC(O)CC(C)(C)OCCC(C)(C)Oc2ccc(C(C)(C)c3ccc(OC(C)(C)COC(C)(C)CC4CO4)cc3)cc2)c1. The Morgan fingerprint density at radius 1 is 0.688 bits per heavy atom. The van der Waals surface area contributed by atoms with Gasteiger partial charge in [-0.1, -0.05) is 50.8 Å². The molecule has 0 bridgehead atoms. The van der Waals surface area contributed by atoms with E-state index in [1.54, 1.807) is 13.0 Å². The van der Waals surface area contributed by atoms with Gasteiger partial charge in [-0.15, -0.1) is 0 Å². The van der Waals surface area contributed by atoms with Gasteiger partial charge in [-0.3, -0.25) is 0 Å². The Morgan fingerprint density at radius 3 is 1.73 bits per heavy atom. The molecule has 64 heavy (non-hydrogen) atoms. The smallest absolute Gasteiger partial charge is 0.338 e. The number of esters is 3. The van der Waals surface area contributed by atoms with Gasteiger partial charge in [0.1, 0.15) is 29.3 Å². The Labute approximate surface area is 380 Å². The average molecular weight is 889 g/mol. The number of carbonyl (C=O) groups excluding carboxylic acids is 3. The first-order valence-electron chi connectivity index (χ1n) is 22.3. The maximum Gasteiger partial charge on any atom is 0.338 e. The van der Waals surface area contributed by atoms with Crippen LogP contribution in [0, 0.1) is 0 Å². The van der Waals surface area contributed by atoms with Crippen molar-refractivity contribution in [2.45, 2.75) is 148 Å². The number of carbonyl (C=O) groups is 3. The molecule has 0 spiro atoms. The summed E-state index contributed by atoms with van der Waals surface area (Å²) in [6.07, 6.45) is 2.01. The fraction of sp³-hybridized carbons (Fsp3) is 0.558. The second-order valence-electron chi connectivity index (χ2n) is 19.8. The van der Waals surface area contributed by atoms with Crippen molar-refractivity contribution in [1.29, 1.82) is 0 Å². The molecule has 3 aromatic rings. The van der Waals surface area contributed by atoms with E-state index in [1.165, 1.54) is 18.2 Å². The molecule has 0 radical (unpaired) electrons. The number of hydrogen-bond acceptors (Lipinski definition) is 12. The average Bonchev–Trinajstić information content (AvgIpc) is 4.03. The molecule has 1 saturated heterocycles. The lowest BCUT2D eigenvalue weighted by molar-refractivity contribution is -0.139. The fourth-order valence-corrected chi connectivity index (χ4v) is 6.95. The Bertz CT molecular complexity index is 1990. The predicted molar refractivity (Wildman–Crippen MR) is 246 cm³/mol. The van der Waals surface area contributed by atoms with Crippen LogP contribution in [0.5, 0.6) is 11.5 Å². The molecule has 0 amide bonds. The summed E-state index contributed by atoms with van der Waals surface area (Å²) in [4.78, 5) is 36.8. The molecular formula is C52H72O12. The van der Waals surface area contributed by atoms with Crippen LogP contribution in [-0.4, -0.2) is 97.3 Å². The molecule has 0 aliphatic carbocycles. The molecule has 1 heterocycles. The van der Waals surface area contributed by atoms with Crippen LogP contribution in [0.1, 0.15) is 140 Å². The topological polar surface area (TPSA) is 149 Å². The quantitative estimate of drug-likeness (QED) is 0.0255. The van der Waals surface area contributed by atoms with Crippen molar-refractivity contribution in [2.24, 2.45) is 0 Å². The third-order valence-electron chi connectivity index (χ3n) is 10.9. The van der Waals surface area contributed by atoms with Crippen molar-refractivity contribution >= 4 is 17.9 Å². The molecule has 1 N–H and O–H groups in total. The Morgan fingerprint density at radius 2 is 1.20 bits per heavy atom. The molecule has 0 saturated carbocycles. The van der Waals surface area contributed by atoms with Crippen LogP contribution in [-0.2, 0) is 38.6 Å². The van der Waals surface area contributed by atoms with E-state index in [0.29, 0.717) is 44.2 Å². The molecular weight excluding hydrogens is 817 g/mol. The van der Waals surface area contributed by atoms with Gasteiger partial charge in [-0.2, -0.15) is 0 Å².